The van der Waals surface area contributed by atoms with E-state index in [-0.39, 0.29) is 6.61 Å². The predicted octanol–water partition coefficient (Wildman–Crippen LogP) is 6.39. The molecule has 3 aromatic carbocycles. The van der Waals surface area contributed by atoms with Crippen LogP contribution in [0.2, 0.25) is 0 Å². The highest BCUT2D eigenvalue weighted by Gasteiger charge is 2.16. The lowest BCUT2D eigenvalue weighted by atomic mass is 10.0. The fraction of sp³-hybridized carbons (Fsp3) is 0.0741. The fourth-order valence-corrected chi connectivity index (χ4v) is 4.37. The van der Waals surface area contributed by atoms with Crippen LogP contribution in [0.4, 0.5) is 0 Å². The number of para-hydroxylation sites is 1. The van der Waals surface area contributed by atoms with Crippen molar-refractivity contribution in [2.75, 3.05) is 7.11 Å². The number of carbonyl (C=O) groups is 1. The van der Waals surface area contributed by atoms with Crippen LogP contribution in [0.1, 0.15) is 16.1 Å². The first kappa shape index (κ1) is 20.8. The molecule has 0 aliphatic carbocycles. The summed E-state index contributed by atoms with van der Waals surface area (Å²) in [5.74, 6) is 0.356. The number of pyridine rings is 1. The summed E-state index contributed by atoms with van der Waals surface area (Å²) in [6, 6.07) is 26.9. The molecule has 0 spiro atoms. The Balaban J connectivity index is 1.41. The Kier molecular flexibility index (Phi) is 5.83. The van der Waals surface area contributed by atoms with Gasteiger partial charge in [0.15, 0.2) is 0 Å². The van der Waals surface area contributed by atoms with Crippen LogP contribution in [-0.2, 0) is 11.3 Å². The van der Waals surface area contributed by atoms with Gasteiger partial charge in [-0.1, -0.05) is 48.5 Å². The van der Waals surface area contributed by atoms with Gasteiger partial charge in [0, 0.05) is 21.9 Å². The molecule has 0 radical (unpaired) electrons. The second kappa shape index (κ2) is 9.22. The molecule has 162 valence electrons. The summed E-state index contributed by atoms with van der Waals surface area (Å²) in [7, 11) is 1.63. The van der Waals surface area contributed by atoms with Crippen molar-refractivity contribution in [3.63, 3.8) is 0 Å². The van der Waals surface area contributed by atoms with Gasteiger partial charge in [0.2, 0.25) is 0 Å². The van der Waals surface area contributed by atoms with E-state index in [1.54, 1.807) is 13.2 Å². The Bertz CT molecular complexity index is 1410. The summed E-state index contributed by atoms with van der Waals surface area (Å²) < 4.78 is 10.9. The predicted molar refractivity (Wildman–Crippen MR) is 130 cm³/mol. The number of hydrogen-bond donors (Lipinski definition) is 0. The highest BCUT2D eigenvalue weighted by atomic mass is 32.1. The van der Waals surface area contributed by atoms with Gasteiger partial charge in [0.25, 0.3) is 0 Å². The van der Waals surface area contributed by atoms with Crippen LogP contribution in [0.5, 0.6) is 5.75 Å². The zero-order valence-corrected chi connectivity index (χ0v) is 18.7. The molecule has 0 N–H and O–H groups in total. The Labute approximate surface area is 195 Å². The molecule has 2 heterocycles. The van der Waals surface area contributed by atoms with Gasteiger partial charge in [-0.15, -0.1) is 11.3 Å². The minimum absolute atomic E-state index is 0.108. The zero-order chi connectivity index (χ0) is 22.6. The number of hydrogen-bond acceptors (Lipinski definition) is 6. The summed E-state index contributed by atoms with van der Waals surface area (Å²) in [6.45, 7) is 0.108. The minimum atomic E-state index is -0.405. The van der Waals surface area contributed by atoms with Gasteiger partial charge in [0.1, 0.15) is 17.4 Å². The van der Waals surface area contributed by atoms with Gasteiger partial charge in [-0.2, -0.15) is 0 Å². The van der Waals surface area contributed by atoms with Gasteiger partial charge in [-0.25, -0.2) is 14.8 Å². The number of ether oxygens (including phenoxy) is 2. The van der Waals surface area contributed by atoms with E-state index in [1.807, 2.05) is 84.2 Å². The second-order valence-electron chi connectivity index (χ2n) is 7.39. The number of rotatable bonds is 6. The quantitative estimate of drug-likeness (QED) is 0.279. The van der Waals surface area contributed by atoms with Crippen LogP contribution in [0.3, 0.4) is 0 Å². The number of fused-ring (bicyclic) bond motifs is 1. The summed E-state index contributed by atoms with van der Waals surface area (Å²) in [4.78, 5) is 22.4. The maximum atomic E-state index is 13.1. The topological polar surface area (TPSA) is 61.3 Å². The van der Waals surface area contributed by atoms with Crippen molar-refractivity contribution in [1.29, 1.82) is 0 Å². The van der Waals surface area contributed by atoms with Gasteiger partial charge in [-0.3, -0.25) is 0 Å². The smallest absolute Gasteiger partial charge is 0.339 e. The first-order valence-corrected chi connectivity index (χ1v) is 11.3. The van der Waals surface area contributed by atoms with Crippen molar-refractivity contribution < 1.29 is 14.3 Å². The summed E-state index contributed by atoms with van der Waals surface area (Å²) in [5, 5.41) is 3.57. The number of benzene rings is 3. The van der Waals surface area contributed by atoms with E-state index < -0.39 is 5.97 Å². The maximum absolute atomic E-state index is 13.1. The standard InChI is InChI=1S/C27H20N2O3S/c1-31-21-13-11-18(12-14-21)25-15-23(22-9-5-6-10-24(22)29-25)27(30)32-16-20-17-33-26(28-20)19-7-3-2-4-8-19/h2-15,17H,16H2,1H3. The average Bonchev–Trinajstić information content (AvgIpc) is 3.36. The van der Waals surface area contributed by atoms with Crippen molar-refractivity contribution in [3.05, 3.63) is 102 Å². The van der Waals surface area contributed by atoms with Gasteiger partial charge in [0.05, 0.1) is 29.6 Å². The SMILES string of the molecule is COc1ccc(-c2cc(C(=O)OCc3csc(-c4ccccc4)n3)c3ccccc3n2)cc1. The molecule has 5 aromatic rings. The van der Waals surface area contributed by atoms with Crippen LogP contribution in [-0.4, -0.2) is 23.0 Å². The second-order valence-corrected chi connectivity index (χ2v) is 8.24. The van der Waals surface area contributed by atoms with Crippen molar-refractivity contribution in [3.8, 4) is 27.6 Å². The third-order valence-electron chi connectivity index (χ3n) is 5.25. The average molecular weight is 453 g/mol. The minimum Gasteiger partial charge on any atom is -0.497 e. The lowest BCUT2D eigenvalue weighted by Crippen LogP contribution is -2.07. The summed E-state index contributed by atoms with van der Waals surface area (Å²) in [5.41, 5.74) is 4.57. The molecule has 0 amide bonds. The Morgan fingerprint density at radius 1 is 0.879 bits per heavy atom. The highest BCUT2D eigenvalue weighted by Crippen LogP contribution is 2.28. The Morgan fingerprint density at radius 2 is 1.64 bits per heavy atom. The zero-order valence-electron chi connectivity index (χ0n) is 17.9. The molecular weight excluding hydrogens is 432 g/mol. The summed E-state index contributed by atoms with van der Waals surface area (Å²) in [6.07, 6.45) is 0. The number of thiazole rings is 1. The third-order valence-corrected chi connectivity index (χ3v) is 6.19. The molecule has 33 heavy (non-hydrogen) atoms. The highest BCUT2D eigenvalue weighted by molar-refractivity contribution is 7.13. The first-order valence-electron chi connectivity index (χ1n) is 10.4. The van der Waals surface area contributed by atoms with E-state index in [0.29, 0.717) is 11.3 Å². The third kappa shape index (κ3) is 4.47. The van der Waals surface area contributed by atoms with Crippen molar-refractivity contribution in [2.24, 2.45) is 0 Å². The van der Waals surface area contributed by atoms with E-state index in [9.17, 15) is 4.79 Å². The lowest BCUT2D eigenvalue weighted by molar-refractivity contribution is 0.0471. The van der Waals surface area contributed by atoms with Crippen molar-refractivity contribution >= 4 is 28.2 Å². The van der Waals surface area contributed by atoms with Crippen molar-refractivity contribution in [2.45, 2.75) is 6.61 Å². The molecule has 0 aliphatic heterocycles. The summed E-state index contributed by atoms with van der Waals surface area (Å²) >= 11 is 1.53. The number of carbonyl (C=O) groups excluding carboxylic acids is 1. The molecule has 0 unspecified atom stereocenters. The molecule has 2 aromatic heterocycles. The van der Waals surface area contributed by atoms with E-state index in [4.69, 9.17) is 14.5 Å². The maximum Gasteiger partial charge on any atom is 0.339 e. The molecule has 0 fully saturated rings. The van der Waals surface area contributed by atoms with Crippen LogP contribution < -0.4 is 4.74 Å². The molecule has 0 atom stereocenters. The van der Waals surface area contributed by atoms with E-state index in [1.165, 1.54) is 11.3 Å². The van der Waals surface area contributed by atoms with Crippen LogP contribution in [0.25, 0.3) is 32.7 Å². The van der Waals surface area contributed by atoms with Gasteiger partial charge < -0.3 is 9.47 Å². The van der Waals surface area contributed by atoms with Crippen LogP contribution in [0.15, 0.2) is 90.3 Å². The van der Waals surface area contributed by atoms with E-state index in [0.717, 1.165) is 38.5 Å². The molecule has 5 rings (SSSR count). The monoisotopic (exact) mass is 452 g/mol. The normalized spacial score (nSPS) is 10.8. The van der Waals surface area contributed by atoms with E-state index >= 15 is 0 Å². The van der Waals surface area contributed by atoms with Gasteiger partial charge >= 0.3 is 5.97 Å². The number of nitrogens with zero attached hydrogens (tertiary/aromatic N) is 2. The first-order chi connectivity index (χ1) is 16.2. The van der Waals surface area contributed by atoms with Crippen molar-refractivity contribution in [1.82, 2.24) is 9.97 Å². The number of methoxy groups -OCH3 is 1. The number of aromatic nitrogens is 2. The van der Waals surface area contributed by atoms with Crippen LogP contribution >= 0.6 is 11.3 Å². The Morgan fingerprint density at radius 3 is 2.42 bits per heavy atom. The molecule has 0 saturated heterocycles. The molecule has 0 bridgehead atoms. The molecular formula is C27H20N2O3S. The molecule has 0 aliphatic rings. The van der Waals surface area contributed by atoms with Crippen LogP contribution in [0, 0.1) is 0 Å². The molecule has 0 saturated carbocycles. The van der Waals surface area contributed by atoms with E-state index in [2.05, 4.69) is 4.98 Å². The number of esters is 1. The largest absolute Gasteiger partial charge is 0.497 e. The molecule has 5 nitrogen and oxygen atoms in total. The Hall–Kier alpha value is -4.03. The fourth-order valence-electron chi connectivity index (χ4n) is 3.56. The van der Waals surface area contributed by atoms with Gasteiger partial charge in [-0.05, 0) is 36.4 Å². The lowest BCUT2D eigenvalue weighted by Gasteiger charge is -2.10. The molecule has 6 heteroatoms.